The second-order valence-electron chi connectivity index (χ2n) is 7.28. The quantitative estimate of drug-likeness (QED) is 0.0789. The molecule has 4 rings (SSSR count). The van der Waals surface area contributed by atoms with E-state index < -0.39 is 5.97 Å². The Morgan fingerprint density at radius 3 is 2.53 bits per heavy atom. The maximum atomic E-state index is 12.7. The lowest BCUT2D eigenvalue weighted by atomic mass is 10.0. The van der Waals surface area contributed by atoms with E-state index in [1.54, 1.807) is 24.3 Å². The van der Waals surface area contributed by atoms with Gasteiger partial charge in [-0.1, -0.05) is 70.5 Å². The van der Waals surface area contributed by atoms with Crippen molar-refractivity contribution in [2.75, 3.05) is 0 Å². The topological polar surface area (TPSA) is 67.8 Å². The molecule has 8 heteroatoms. The molecule has 0 aliphatic rings. The monoisotopic (exact) mass is 690 g/mol. The van der Waals surface area contributed by atoms with Crippen LogP contribution in [0.2, 0.25) is 0 Å². The third-order valence-electron chi connectivity index (χ3n) is 4.95. The van der Waals surface area contributed by atoms with Gasteiger partial charge in [-0.3, -0.25) is 4.79 Å². The molecule has 0 fully saturated rings. The lowest BCUT2D eigenvalue weighted by Gasteiger charge is -2.11. The molecule has 0 atom stereocenters. The molecule has 0 radical (unpaired) electrons. The van der Waals surface area contributed by atoms with Crippen molar-refractivity contribution in [3.8, 4) is 5.75 Å². The summed E-state index contributed by atoms with van der Waals surface area (Å²) < 4.78 is 7.81. The third-order valence-corrected chi connectivity index (χ3v) is 6.94. The van der Waals surface area contributed by atoms with Crippen LogP contribution in [-0.4, -0.2) is 18.1 Å². The van der Waals surface area contributed by atoms with Crippen molar-refractivity contribution in [1.29, 1.82) is 0 Å². The molecule has 34 heavy (non-hydrogen) atoms. The minimum atomic E-state index is -0.484. The Morgan fingerprint density at radius 2 is 1.71 bits per heavy atom. The first-order valence-corrected chi connectivity index (χ1v) is 12.8. The van der Waals surface area contributed by atoms with Gasteiger partial charge in [-0.25, -0.2) is 10.2 Å². The van der Waals surface area contributed by atoms with Crippen molar-refractivity contribution < 1.29 is 14.3 Å². The van der Waals surface area contributed by atoms with Crippen LogP contribution in [0.4, 0.5) is 0 Å². The SMILES string of the molecule is O=C(Cc1cccc2ccccc12)NN=Cc1cc(Br)cc(Br)c1OC(=O)c1ccccc1I. The fraction of sp³-hybridized carbons (Fsp3) is 0.0385. The number of hydrazone groups is 1. The van der Waals surface area contributed by atoms with Gasteiger partial charge in [0.1, 0.15) is 0 Å². The molecule has 1 N–H and O–H groups in total. The minimum Gasteiger partial charge on any atom is -0.421 e. The first-order chi connectivity index (χ1) is 16.4. The Hall–Kier alpha value is -2.56. The lowest BCUT2D eigenvalue weighted by molar-refractivity contribution is -0.120. The number of amides is 1. The Balaban J connectivity index is 1.51. The van der Waals surface area contributed by atoms with E-state index in [2.05, 4.69) is 65.0 Å². The summed E-state index contributed by atoms with van der Waals surface area (Å²) in [6, 6.07) is 24.5. The second-order valence-corrected chi connectivity index (χ2v) is 10.2. The molecule has 0 aromatic heterocycles. The molecule has 4 aromatic rings. The highest BCUT2D eigenvalue weighted by Gasteiger charge is 2.17. The van der Waals surface area contributed by atoms with E-state index in [0.717, 1.165) is 24.4 Å². The number of hydrogen-bond acceptors (Lipinski definition) is 4. The molecule has 0 bridgehead atoms. The van der Waals surface area contributed by atoms with Crippen molar-refractivity contribution in [2.24, 2.45) is 5.10 Å². The largest absolute Gasteiger partial charge is 0.421 e. The molecule has 0 saturated heterocycles. The molecule has 0 spiro atoms. The van der Waals surface area contributed by atoms with Crippen LogP contribution in [0.3, 0.4) is 0 Å². The fourth-order valence-electron chi connectivity index (χ4n) is 3.39. The highest BCUT2D eigenvalue weighted by Crippen LogP contribution is 2.33. The number of carbonyl (C=O) groups is 2. The number of rotatable bonds is 6. The molecular formula is C26H17Br2IN2O3. The van der Waals surface area contributed by atoms with Crippen LogP contribution in [0, 0.1) is 3.57 Å². The van der Waals surface area contributed by atoms with Gasteiger partial charge in [-0.05, 0) is 79.1 Å². The number of halogens is 3. The van der Waals surface area contributed by atoms with Crippen LogP contribution in [0.1, 0.15) is 21.5 Å². The van der Waals surface area contributed by atoms with E-state index in [1.807, 2.05) is 54.6 Å². The Morgan fingerprint density at radius 1 is 0.971 bits per heavy atom. The lowest BCUT2D eigenvalue weighted by Crippen LogP contribution is -2.20. The van der Waals surface area contributed by atoms with Crippen molar-refractivity contribution in [1.82, 2.24) is 5.43 Å². The summed E-state index contributed by atoms with van der Waals surface area (Å²) in [5.74, 6) is -0.429. The second kappa shape index (κ2) is 11.2. The van der Waals surface area contributed by atoms with Crippen LogP contribution >= 0.6 is 54.5 Å². The number of benzene rings is 4. The molecule has 1 amide bonds. The van der Waals surface area contributed by atoms with Crippen LogP contribution in [0.15, 0.2) is 92.9 Å². The molecule has 0 heterocycles. The summed E-state index contributed by atoms with van der Waals surface area (Å²) in [5.41, 5.74) is 4.46. The summed E-state index contributed by atoms with van der Waals surface area (Å²) in [5, 5.41) is 6.21. The first kappa shape index (κ1) is 24.6. The number of fused-ring (bicyclic) bond motifs is 1. The first-order valence-electron chi connectivity index (χ1n) is 10.2. The van der Waals surface area contributed by atoms with Crippen LogP contribution in [0.25, 0.3) is 10.8 Å². The Kier molecular flexibility index (Phi) is 8.12. The van der Waals surface area contributed by atoms with Gasteiger partial charge in [0, 0.05) is 13.6 Å². The Labute approximate surface area is 227 Å². The number of esters is 1. The number of nitrogens with one attached hydrogen (secondary N) is 1. The van der Waals surface area contributed by atoms with Gasteiger partial charge in [-0.15, -0.1) is 0 Å². The summed E-state index contributed by atoms with van der Waals surface area (Å²) in [4.78, 5) is 25.3. The van der Waals surface area contributed by atoms with Crippen molar-refractivity contribution in [3.63, 3.8) is 0 Å². The molecule has 4 aromatic carbocycles. The number of nitrogens with zero attached hydrogens (tertiary/aromatic N) is 1. The van der Waals surface area contributed by atoms with Gasteiger partial charge in [0.05, 0.1) is 22.7 Å². The van der Waals surface area contributed by atoms with Gasteiger partial charge >= 0.3 is 5.97 Å². The minimum absolute atomic E-state index is 0.190. The maximum Gasteiger partial charge on any atom is 0.344 e. The zero-order valence-corrected chi connectivity index (χ0v) is 22.9. The summed E-state index contributed by atoms with van der Waals surface area (Å²) in [6.45, 7) is 0. The van der Waals surface area contributed by atoms with Gasteiger partial charge in [-0.2, -0.15) is 5.10 Å². The molecule has 0 saturated carbocycles. The van der Waals surface area contributed by atoms with Gasteiger partial charge in [0.2, 0.25) is 5.91 Å². The normalized spacial score (nSPS) is 11.0. The predicted molar refractivity (Wildman–Crippen MR) is 149 cm³/mol. The standard InChI is InChI=1S/C26H17Br2IN2O3/c27-19-12-18(25(22(28)14-19)34-26(33)21-10-3-4-11-23(21)29)15-30-31-24(32)13-17-8-5-7-16-6-1-2-9-20(16)17/h1-12,14-15H,13H2,(H,31,32). The predicted octanol–water partition coefficient (Wildman–Crippen LogP) is 6.88. The van der Waals surface area contributed by atoms with Crippen molar-refractivity contribution in [3.05, 3.63) is 108 Å². The summed E-state index contributed by atoms with van der Waals surface area (Å²) >= 11 is 8.98. The molecule has 0 unspecified atom stereocenters. The van der Waals surface area contributed by atoms with Crippen LogP contribution in [-0.2, 0) is 11.2 Å². The van der Waals surface area contributed by atoms with Crippen LogP contribution in [0.5, 0.6) is 5.75 Å². The molecule has 0 aliphatic heterocycles. The van der Waals surface area contributed by atoms with Crippen molar-refractivity contribution in [2.45, 2.75) is 6.42 Å². The highest BCUT2D eigenvalue weighted by molar-refractivity contribution is 14.1. The van der Waals surface area contributed by atoms with Crippen molar-refractivity contribution >= 4 is 83.3 Å². The van der Waals surface area contributed by atoms with Gasteiger partial charge in [0.15, 0.2) is 5.75 Å². The maximum absolute atomic E-state index is 12.7. The van der Waals surface area contributed by atoms with E-state index in [-0.39, 0.29) is 12.3 Å². The van der Waals surface area contributed by atoms with E-state index in [0.29, 0.717) is 21.3 Å². The third kappa shape index (κ3) is 5.92. The number of ether oxygens (including phenoxy) is 1. The fourth-order valence-corrected chi connectivity index (χ4v) is 5.34. The summed E-state index contributed by atoms with van der Waals surface area (Å²) in [7, 11) is 0. The van der Waals surface area contributed by atoms with E-state index in [9.17, 15) is 9.59 Å². The number of carbonyl (C=O) groups excluding carboxylic acids is 2. The smallest absolute Gasteiger partial charge is 0.344 e. The van der Waals surface area contributed by atoms with Gasteiger partial charge < -0.3 is 4.74 Å². The zero-order chi connectivity index (χ0) is 24.1. The average Bonchev–Trinajstić information content (AvgIpc) is 2.81. The van der Waals surface area contributed by atoms with E-state index >= 15 is 0 Å². The molecule has 0 aliphatic carbocycles. The highest BCUT2D eigenvalue weighted by atomic mass is 127. The molecule has 170 valence electrons. The zero-order valence-electron chi connectivity index (χ0n) is 17.6. The molecule has 5 nitrogen and oxygen atoms in total. The Bertz CT molecular complexity index is 1420. The van der Waals surface area contributed by atoms with Crippen LogP contribution < -0.4 is 10.2 Å². The molecular weight excluding hydrogens is 675 g/mol. The summed E-state index contributed by atoms with van der Waals surface area (Å²) in [6.07, 6.45) is 1.64. The van der Waals surface area contributed by atoms with E-state index in [1.165, 1.54) is 6.21 Å². The van der Waals surface area contributed by atoms with E-state index in [4.69, 9.17) is 4.74 Å². The van der Waals surface area contributed by atoms with Gasteiger partial charge in [0.25, 0.3) is 0 Å². The number of hydrogen-bond donors (Lipinski definition) is 1. The average molecular weight is 692 g/mol.